The summed E-state index contributed by atoms with van der Waals surface area (Å²) in [5.41, 5.74) is 1.18. The molecule has 2 saturated heterocycles. The van der Waals surface area contributed by atoms with Crippen LogP contribution < -0.4 is 0 Å². The van der Waals surface area contributed by atoms with E-state index >= 15 is 0 Å². The third kappa shape index (κ3) is 3.67. The first kappa shape index (κ1) is 15.5. The first-order valence-electron chi connectivity index (χ1n) is 8.51. The number of hydrogen-bond donors (Lipinski definition) is 0. The topological polar surface area (TPSA) is 23.6 Å². The third-order valence-electron chi connectivity index (χ3n) is 4.94. The van der Waals surface area contributed by atoms with E-state index < -0.39 is 0 Å². The zero-order valence-corrected chi connectivity index (χ0v) is 13.1. The molecule has 3 nitrogen and oxygen atoms in total. The van der Waals surface area contributed by atoms with Gasteiger partial charge in [0.05, 0.1) is 0 Å². The van der Waals surface area contributed by atoms with Crippen LogP contribution in [0.5, 0.6) is 0 Å². The minimum absolute atomic E-state index is 0.185. The quantitative estimate of drug-likeness (QED) is 0.851. The molecule has 0 saturated carbocycles. The smallest absolute Gasteiger partial charge is 0.223 e. The van der Waals surface area contributed by atoms with Crippen molar-refractivity contribution in [2.24, 2.45) is 0 Å². The number of amides is 1. The summed E-state index contributed by atoms with van der Waals surface area (Å²) in [5, 5.41) is 0. The van der Waals surface area contributed by atoms with Crippen LogP contribution in [0.3, 0.4) is 0 Å². The van der Waals surface area contributed by atoms with E-state index in [-0.39, 0.29) is 5.82 Å². The Balaban J connectivity index is 1.60. The molecule has 0 N–H and O–H groups in total. The maximum absolute atomic E-state index is 13.1. The number of carbonyl (C=O) groups is 1. The number of likely N-dealkylation sites (tertiary alicyclic amines) is 2. The molecule has 1 aromatic rings. The molecule has 3 rings (SSSR count). The van der Waals surface area contributed by atoms with E-state index in [9.17, 15) is 9.18 Å². The largest absolute Gasteiger partial charge is 0.343 e. The molecule has 2 aliphatic heterocycles. The molecule has 2 fully saturated rings. The zero-order valence-electron chi connectivity index (χ0n) is 13.1. The molecule has 1 aromatic carbocycles. The van der Waals surface area contributed by atoms with Crippen molar-refractivity contribution in [3.8, 4) is 0 Å². The van der Waals surface area contributed by atoms with E-state index in [1.54, 1.807) is 0 Å². The summed E-state index contributed by atoms with van der Waals surface area (Å²) in [5.74, 6) is 0.108. The molecular formula is C18H25FN2O. The van der Waals surface area contributed by atoms with Crippen LogP contribution in [0.15, 0.2) is 24.3 Å². The van der Waals surface area contributed by atoms with Crippen LogP contribution in [-0.2, 0) is 4.79 Å². The highest BCUT2D eigenvalue weighted by Gasteiger charge is 2.25. The second-order valence-corrected chi connectivity index (χ2v) is 6.44. The molecule has 22 heavy (non-hydrogen) atoms. The lowest BCUT2D eigenvalue weighted by molar-refractivity contribution is -0.130. The lowest BCUT2D eigenvalue weighted by Crippen LogP contribution is -2.37. The van der Waals surface area contributed by atoms with E-state index in [2.05, 4.69) is 4.90 Å². The number of rotatable bonds is 4. The van der Waals surface area contributed by atoms with Gasteiger partial charge in [0.15, 0.2) is 0 Å². The summed E-state index contributed by atoms with van der Waals surface area (Å²) < 4.78 is 13.1. The second-order valence-electron chi connectivity index (χ2n) is 6.44. The fourth-order valence-electron chi connectivity index (χ4n) is 3.68. The van der Waals surface area contributed by atoms with Crippen molar-refractivity contribution in [1.82, 2.24) is 9.80 Å². The van der Waals surface area contributed by atoms with Gasteiger partial charge in [0.1, 0.15) is 5.82 Å². The maximum atomic E-state index is 13.1. The van der Waals surface area contributed by atoms with Crippen LogP contribution in [0.2, 0.25) is 0 Å². The highest BCUT2D eigenvalue weighted by Crippen LogP contribution is 2.31. The van der Waals surface area contributed by atoms with Crippen LogP contribution >= 0.6 is 0 Å². The molecule has 4 heteroatoms. The van der Waals surface area contributed by atoms with Gasteiger partial charge >= 0.3 is 0 Å². The summed E-state index contributed by atoms with van der Waals surface area (Å²) in [6.07, 6.45) is 6.40. The van der Waals surface area contributed by atoms with Crippen molar-refractivity contribution in [2.75, 3.05) is 26.2 Å². The molecule has 0 radical (unpaired) electrons. The Hall–Kier alpha value is -1.42. The Morgan fingerprint density at radius 1 is 1.05 bits per heavy atom. The van der Waals surface area contributed by atoms with E-state index in [1.807, 2.05) is 17.0 Å². The van der Waals surface area contributed by atoms with E-state index in [4.69, 9.17) is 0 Å². The molecule has 2 heterocycles. The maximum Gasteiger partial charge on any atom is 0.223 e. The fraction of sp³-hybridized carbons (Fsp3) is 0.611. The summed E-state index contributed by atoms with van der Waals surface area (Å²) in [4.78, 5) is 16.6. The molecule has 0 aromatic heterocycles. The summed E-state index contributed by atoms with van der Waals surface area (Å²) in [6, 6.07) is 7.19. The van der Waals surface area contributed by atoms with Crippen molar-refractivity contribution >= 4 is 5.91 Å². The van der Waals surface area contributed by atoms with E-state index in [0.717, 1.165) is 45.4 Å². The molecule has 0 spiro atoms. The monoisotopic (exact) mass is 304 g/mol. The van der Waals surface area contributed by atoms with Crippen LogP contribution in [0.1, 0.15) is 50.1 Å². The lowest BCUT2D eigenvalue weighted by atomic mass is 9.95. The fourth-order valence-corrected chi connectivity index (χ4v) is 3.68. The summed E-state index contributed by atoms with van der Waals surface area (Å²) >= 11 is 0. The van der Waals surface area contributed by atoms with Gasteiger partial charge in [-0.25, -0.2) is 4.39 Å². The predicted octanol–water partition coefficient (Wildman–Crippen LogP) is 3.37. The Morgan fingerprint density at radius 2 is 1.73 bits per heavy atom. The van der Waals surface area contributed by atoms with Gasteiger partial charge in [0, 0.05) is 32.1 Å². The summed E-state index contributed by atoms with van der Waals surface area (Å²) in [6.45, 7) is 3.72. The zero-order chi connectivity index (χ0) is 15.4. The van der Waals surface area contributed by atoms with Gasteiger partial charge in [0.2, 0.25) is 5.91 Å². The number of nitrogens with zero attached hydrogens (tertiary/aromatic N) is 2. The second kappa shape index (κ2) is 7.23. The predicted molar refractivity (Wildman–Crippen MR) is 85.0 cm³/mol. The number of carbonyl (C=O) groups excluding carboxylic acids is 1. The highest BCUT2D eigenvalue weighted by molar-refractivity contribution is 5.76. The Labute approximate surface area is 132 Å². The number of benzene rings is 1. The van der Waals surface area contributed by atoms with Crippen molar-refractivity contribution in [3.63, 3.8) is 0 Å². The van der Waals surface area contributed by atoms with Crippen molar-refractivity contribution in [1.29, 1.82) is 0 Å². The van der Waals surface area contributed by atoms with Crippen molar-refractivity contribution in [3.05, 3.63) is 35.6 Å². The Morgan fingerprint density at radius 3 is 2.45 bits per heavy atom. The molecule has 0 bridgehead atoms. The van der Waals surface area contributed by atoms with E-state index in [0.29, 0.717) is 18.4 Å². The van der Waals surface area contributed by atoms with Gasteiger partial charge < -0.3 is 4.90 Å². The van der Waals surface area contributed by atoms with Gasteiger partial charge in [-0.3, -0.25) is 9.69 Å². The van der Waals surface area contributed by atoms with Crippen molar-refractivity contribution < 1.29 is 9.18 Å². The van der Waals surface area contributed by atoms with Gasteiger partial charge in [-0.15, -0.1) is 0 Å². The molecule has 2 aliphatic rings. The van der Waals surface area contributed by atoms with Gasteiger partial charge in [0.25, 0.3) is 0 Å². The first-order chi connectivity index (χ1) is 10.7. The number of piperidine rings is 1. The van der Waals surface area contributed by atoms with Crippen LogP contribution in [0.25, 0.3) is 0 Å². The SMILES string of the molecule is O=C(CCN1CCCC[C@H]1c1ccc(F)cc1)N1CCCC1. The third-order valence-corrected chi connectivity index (χ3v) is 4.94. The van der Waals surface area contributed by atoms with Crippen LogP contribution in [0, 0.1) is 5.82 Å². The van der Waals surface area contributed by atoms with E-state index in [1.165, 1.54) is 30.5 Å². The standard InChI is InChI=1S/C18H25FN2O/c19-16-8-6-15(7-9-16)17-5-1-2-11-20(17)14-10-18(22)21-12-3-4-13-21/h6-9,17H,1-5,10-14H2/t17-/m0/s1. The first-order valence-corrected chi connectivity index (χ1v) is 8.51. The minimum atomic E-state index is -0.185. The van der Waals surface area contributed by atoms with Crippen LogP contribution in [0.4, 0.5) is 4.39 Å². The minimum Gasteiger partial charge on any atom is -0.343 e. The molecule has 1 amide bonds. The summed E-state index contributed by atoms with van der Waals surface area (Å²) in [7, 11) is 0. The lowest BCUT2D eigenvalue weighted by Gasteiger charge is -2.36. The van der Waals surface area contributed by atoms with Gasteiger partial charge in [-0.2, -0.15) is 0 Å². The van der Waals surface area contributed by atoms with Crippen molar-refractivity contribution in [2.45, 2.75) is 44.6 Å². The normalized spacial score (nSPS) is 23.0. The number of hydrogen-bond acceptors (Lipinski definition) is 2. The molecule has 0 aliphatic carbocycles. The molecule has 120 valence electrons. The van der Waals surface area contributed by atoms with Gasteiger partial charge in [-0.1, -0.05) is 18.6 Å². The Kier molecular flexibility index (Phi) is 5.08. The van der Waals surface area contributed by atoms with Gasteiger partial charge in [-0.05, 0) is 49.9 Å². The molecular weight excluding hydrogens is 279 g/mol. The average molecular weight is 304 g/mol. The molecule has 0 unspecified atom stereocenters. The average Bonchev–Trinajstić information content (AvgIpc) is 3.08. The Bertz CT molecular complexity index is 496. The number of halogens is 1. The van der Waals surface area contributed by atoms with Crippen LogP contribution in [-0.4, -0.2) is 41.9 Å². The molecule has 1 atom stereocenters. The highest BCUT2D eigenvalue weighted by atomic mass is 19.1.